The summed E-state index contributed by atoms with van der Waals surface area (Å²) in [6, 6.07) is 10.6. The lowest BCUT2D eigenvalue weighted by Crippen LogP contribution is -2.35. The predicted octanol–water partition coefficient (Wildman–Crippen LogP) is 5.24. The van der Waals surface area contributed by atoms with Crippen LogP contribution in [0, 0.1) is 19.3 Å². The zero-order chi connectivity index (χ0) is 26.3. The molecule has 192 valence electrons. The Morgan fingerprint density at radius 1 is 1.19 bits per heavy atom. The van der Waals surface area contributed by atoms with E-state index in [2.05, 4.69) is 52.8 Å². The van der Waals surface area contributed by atoms with Crippen LogP contribution in [0.15, 0.2) is 46.0 Å². The number of nitrogens with zero attached hydrogens (tertiary/aromatic N) is 5. The fourth-order valence-corrected chi connectivity index (χ4v) is 5.86. The molecular formula is C28H32N6O2S. The van der Waals surface area contributed by atoms with E-state index in [1.54, 1.807) is 6.08 Å². The number of aliphatic imine (C=N–C) groups is 1. The Morgan fingerprint density at radius 3 is 2.57 bits per heavy atom. The molecule has 2 aromatic rings. The van der Waals surface area contributed by atoms with Gasteiger partial charge < -0.3 is 9.47 Å². The minimum absolute atomic E-state index is 0.0196. The molecular weight excluding hydrogens is 484 g/mol. The van der Waals surface area contributed by atoms with Gasteiger partial charge in [0.05, 0.1) is 12.0 Å². The van der Waals surface area contributed by atoms with E-state index in [0.717, 1.165) is 55.0 Å². The highest BCUT2D eigenvalue weighted by atomic mass is 32.2. The zero-order valence-electron chi connectivity index (χ0n) is 21.7. The smallest absolute Gasteiger partial charge is 0.283 e. The molecule has 8 nitrogen and oxygen atoms in total. The molecule has 1 aromatic carbocycles. The van der Waals surface area contributed by atoms with Gasteiger partial charge in [-0.15, -0.1) is 0 Å². The van der Waals surface area contributed by atoms with Crippen molar-refractivity contribution in [1.29, 1.82) is 5.41 Å². The molecule has 0 aliphatic carbocycles. The van der Waals surface area contributed by atoms with E-state index in [-0.39, 0.29) is 23.7 Å². The van der Waals surface area contributed by atoms with Crippen LogP contribution in [-0.2, 0) is 9.59 Å². The van der Waals surface area contributed by atoms with Gasteiger partial charge in [-0.2, -0.15) is 15.1 Å². The van der Waals surface area contributed by atoms with Crippen molar-refractivity contribution in [1.82, 2.24) is 14.5 Å². The number of hydrogen-bond donors (Lipinski definition) is 1. The highest BCUT2D eigenvalue weighted by Crippen LogP contribution is 2.31. The first-order chi connectivity index (χ1) is 17.8. The average molecular weight is 517 g/mol. The average Bonchev–Trinajstić information content (AvgIpc) is 3.61. The Kier molecular flexibility index (Phi) is 6.90. The van der Waals surface area contributed by atoms with Crippen LogP contribution in [0.5, 0.6) is 0 Å². The summed E-state index contributed by atoms with van der Waals surface area (Å²) in [5.41, 5.74) is 5.44. The Bertz CT molecular complexity index is 1360. The number of benzene rings is 1. The van der Waals surface area contributed by atoms with Crippen molar-refractivity contribution in [3.05, 3.63) is 58.4 Å². The molecule has 1 aromatic heterocycles. The molecule has 0 bridgehead atoms. The van der Waals surface area contributed by atoms with Crippen molar-refractivity contribution >= 4 is 45.7 Å². The Morgan fingerprint density at radius 2 is 1.89 bits per heavy atom. The lowest BCUT2D eigenvalue weighted by atomic mass is 9.98. The first-order valence-electron chi connectivity index (χ1n) is 12.8. The number of aryl methyl sites for hydroxylation is 1. The zero-order valence-corrected chi connectivity index (χ0v) is 22.6. The lowest BCUT2D eigenvalue weighted by Gasteiger charge is -2.20. The molecule has 1 unspecified atom stereocenters. The molecule has 5 rings (SSSR count). The van der Waals surface area contributed by atoms with Crippen molar-refractivity contribution in [2.75, 3.05) is 13.1 Å². The van der Waals surface area contributed by atoms with E-state index in [1.165, 1.54) is 22.3 Å². The summed E-state index contributed by atoms with van der Waals surface area (Å²) >= 11 is 1.19. The van der Waals surface area contributed by atoms with Gasteiger partial charge in [0.1, 0.15) is 5.04 Å². The number of fused-ring (bicyclic) bond motifs is 1. The summed E-state index contributed by atoms with van der Waals surface area (Å²) in [5, 5.41) is 15.4. The Labute approximate surface area is 221 Å². The maximum atomic E-state index is 12.9. The van der Waals surface area contributed by atoms with Crippen molar-refractivity contribution in [3.63, 3.8) is 0 Å². The highest BCUT2D eigenvalue weighted by molar-refractivity contribution is 8.27. The van der Waals surface area contributed by atoms with E-state index < -0.39 is 5.91 Å². The molecule has 4 heterocycles. The molecule has 2 amide bonds. The first kappa shape index (κ1) is 25.2. The monoisotopic (exact) mass is 516 g/mol. The van der Waals surface area contributed by atoms with Crippen LogP contribution < -0.4 is 0 Å². The number of amides is 2. The summed E-state index contributed by atoms with van der Waals surface area (Å²) in [4.78, 5) is 31.5. The van der Waals surface area contributed by atoms with Gasteiger partial charge in [-0.1, -0.05) is 26.0 Å². The van der Waals surface area contributed by atoms with Crippen molar-refractivity contribution in [2.45, 2.75) is 59.3 Å². The molecule has 1 N–H and O–H groups in total. The number of nitrogens with one attached hydrogen (secondary N) is 1. The van der Waals surface area contributed by atoms with Crippen LogP contribution in [0.4, 0.5) is 0 Å². The fraction of sp³-hybridized carbons (Fsp3) is 0.393. The molecule has 3 aliphatic heterocycles. The molecule has 0 radical (unpaired) electrons. The predicted molar refractivity (Wildman–Crippen MR) is 149 cm³/mol. The van der Waals surface area contributed by atoms with Gasteiger partial charge in [0.2, 0.25) is 11.1 Å². The van der Waals surface area contributed by atoms with Crippen LogP contribution in [0.25, 0.3) is 11.8 Å². The number of hydrazone groups is 1. The molecule has 1 saturated heterocycles. The maximum absolute atomic E-state index is 12.9. The van der Waals surface area contributed by atoms with Crippen LogP contribution in [-0.4, -0.2) is 55.4 Å². The van der Waals surface area contributed by atoms with E-state index in [9.17, 15) is 9.59 Å². The third kappa shape index (κ3) is 4.80. The Hall–Kier alpha value is -3.46. The molecule has 0 saturated carbocycles. The van der Waals surface area contributed by atoms with Gasteiger partial charge in [-0.3, -0.25) is 15.0 Å². The number of likely N-dealkylation sites (tertiary alicyclic amines) is 1. The largest absolute Gasteiger partial charge is 0.342 e. The summed E-state index contributed by atoms with van der Waals surface area (Å²) in [5.74, 6) is 0.0605. The van der Waals surface area contributed by atoms with E-state index in [0.29, 0.717) is 16.1 Å². The van der Waals surface area contributed by atoms with Gasteiger partial charge in [-0.05, 0) is 86.2 Å². The summed E-state index contributed by atoms with van der Waals surface area (Å²) in [7, 11) is 0. The number of thioether (sulfide) groups is 1. The molecule has 0 spiro atoms. The number of carbonyl (C=O) groups is 2. The number of rotatable bonds is 6. The molecule has 1 atom stereocenters. The molecule has 9 heteroatoms. The minimum atomic E-state index is -0.464. The van der Waals surface area contributed by atoms with Crippen LogP contribution in [0.3, 0.4) is 0 Å². The van der Waals surface area contributed by atoms with E-state index >= 15 is 0 Å². The third-order valence-electron chi connectivity index (χ3n) is 7.36. The first-order valence-corrected chi connectivity index (χ1v) is 13.6. The minimum Gasteiger partial charge on any atom is -0.342 e. The van der Waals surface area contributed by atoms with Crippen LogP contribution >= 0.6 is 11.8 Å². The second-order valence-corrected chi connectivity index (χ2v) is 10.9. The number of amidine groups is 2. The van der Waals surface area contributed by atoms with Crippen molar-refractivity contribution < 1.29 is 9.59 Å². The second kappa shape index (κ2) is 10.1. The van der Waals surface area contributed by atoms with Crippen molar-refractivity contribution in [3.8, 4) is 5.69 Å². The van der Waals surface area contributed by atoms with Gasteiger partial charge in [0.15, 0.2) is 5.84 Å². The lowest BCUT2D eigenvalue weighted by molar-refractivity contribution is -0.128. The highest BCUT2D eigenvalue weighted by Gasteiger charge is 2.36. The SMILES string of the molecule is CCC(C)c1ccc(-n2c(C)cc(C=C3C(=N)N4N=C(CC(=O)N5CCCC5)SC4=NC3=O)c2C)cc1. The fourth-order valence-electron chi connectivity index (χ4n) is 4.99. The Balaban J connectivity index is 1.39. The van der Waals surface area contributed by atoms with Gasteiger partial charge in [0.25, 0.3) is 5.91 Å². The number of aromatic nitrogens is 1. The summed E-state index contributed by atoms with van der Waals surface area (Å²) in [6.07, 6.45) is 5.05. The van der Waals surface area contributed by atoms with E-state index in [1.807, 2.05) is 24.8 Å². The van der Waals surface area contributed by atoms with Crippen LogP contribution in [0.2, 0.25) is 0 Å². The third-order valence-corrected chi connectivity index (χ3v) is 8.27. The number of hydrogen-bond acceptors (Lipinski definition) is 5. The quantitative estimate of drug-likeness (QED) is 0.532. The molecule has 3 aliphatic rings. The van der Waals surface area contributed by atoms with Gasteiger partial charge in [-0.25, -0.2) is 0 Å². The molecule has 1 fully saturated rings. The van der Waals surface area contributed by atoms with Crippen LogP contribution in [0.1, 0.15) is 68.0 Å². The second-order valence-electron chi connectivity index (χ2n) is 9.84. The van der Waals surface area contributed by atoms with Gasteiger partial charge >= 0.3 is 0 Å². The number of carbonyl (C=O) groups excluding carboxylic acids is 2. The standard InChI is InChI=1S/C28H32N6O2S/c1-5-17(2)20-8-10-22(11-9-20)33-18(3)14-21(19(33)4)15-23-26(29)34-28(30-27(23)36)37-24(31-34)16-25(35)32-12-6-7-13-32/h8-11,14-15,17,29H,5-7,12-13,16H2,1-4H3. The summed E-state index contributed by atoms with van der Waals surface area (Å²) < 4.78 is 2.16. The summed E-state index contributed by atoms with van der Waals surface area (Å²) in [6.45, 7) is 10.0. The van der Waals surface area contributed by atoms with Gasteiger partial charge in [0, 0.05) is 30.2 Å². The van der Waals surface area contributed by atoms with E-state index in [4.69, 9.17) is 5.41 Å². The van der Waals surface area contributed by atoms with Crippen molar-refractivity contribution in [2.24, 2.45) is 10.1 Å². The topological polar surface area (TPSA) is 94.1 Å². The maximum Gasteiger partial charge on any atom is 0.283 e. The molecule has 37 heavy (non-hydrogen) atoms. The normalized spacial score (nSPS) is 19.4.